The minimum atomic E-state index is -0.127. The second kappa shape index (κ2) is 7.77. The van der Waals surface area contributed by atoms with Crippen molar-refractivity contribution in [3.8, 4) is 0 Å². The van der Waals surface area contributed by atoms with Crippen LogP contribution < -0.4 is 5.73 Å². The lowest BCUT2D eigenvalue weighted by atomic mass is 9.94. The lowest BCUT2D eigenvalue weighted by molar-refractivity contribution is -0.0660. The molecule has 0 saturated heterocycles. The maximum absolute atomic E-state index is 6.34. The summed E-state index contributed by atoms with van der Waals surface area (Å²) in [6, 6.07) is 10.0. The Morgan fingerprint density at radius 1 is 1.05 bits per heavy atom. The van der Waals surface area contributed by atoms with Crippen molar-refractivity contribution >= 4 is 0 Å². The molecule has 2 atom stereocenters. The van der Waals surface area contributed by atoms with Gasteiger partial charge < -0.3 is 15.2 Å². The molecule has 0 spiro atoms. The molecule has 1 rings (SSSR count). The third kappa shape index (κ3) is 6.04. The zero-order chi connectivity index (χ0) is 15.2. The van der Waals surface area contributed by atoms with Crippen LogP contribution >= 0.6 is 0 Å². The fraction of sp³-hybridized carbons (Fsp3) is 0.647. The van der Waals surface area contributed by atoms with Crippen molar-refractivity contribution in [1.82, 2.24) is 0 Å². The first kappa shape index (κ1) is 17.2. The predicted octanol–water partition coefficient (Wildman–Crippen LogP) is 3.54. The summed E-state index contributed by atoms with van der Waals surface area (Å²) < 4.78 is 11.6. The number of hydrogen-bond acceptors (Lipinski definition) is 3. The first-order valence-electron chi connectivity index (χ1n) is 7.37. The standard InChI is InChI=1S/C17H29NO2/c1-13(2)16(19-11-12-20-17(3,4)5)15(18)14-9-7-6-8-10-14/h6-10,13,15-16H,11-12,18H2,1-5H3. The van der Waals surface area contributed by atoms with Gasteiger partial charge in [-0.15, -0.1) is 0 Å². The van der Waals surface area contributed by atoms with E-state index in [2.05, 4.69) is 26.0 Å². The smallest absolute Gasteiger partial charge is 0.0791 e. The number of rotatable bonds is 7. The van der Waals surface area contributed by atoms with Gasteiger partial charge in [-0.1, -0.05) is 44.2 Å². The number of benzene rings is 1. The molecule has 0 aromatic heterocycles. The average Bonchev–Trinajstić information content (AvgIpc) is 2.37. The Morgan fingerprint density at radius 2 is 1.65 bits per heavy atom. The van der Waals surface area contributed by atoms with Gasteiger partial charge in [0, 0.05) is 0 Å². The minimum absolute atomic E-state index is 0.000897. The van der Waals surface area contributed by atoms with Crippen LogP contribution in [0.2, 0.25) is 0 Å². The molecule has 0 aliphatic carbocycles. The summed E-state index contributed by atoms with van der Waals surface area (Å²) in [5, 5.41) is 0. The summed E-state index contributed by atoms with van der Waals surface area (Å²) in [7, 11) is 0. The van der Waals surface area contributed by atoms with Crippen LogP contribution in [-0.4, -0.2) is 24.9 Å². The molecule has 0 aliphatic heterocycles. The fourth-order valence-electron chi connectivity index (χ4n) is 2.11. The molecule has 114 valence electrons. The van der Waals surface area contributed by atoms with Gasteiger partial charge in [0.15, 0.2) is 0 Å². The SMILES string of the molecule is CC(C)C(OCCOC(C)(C)C)C(N)c1ccccc1. The maximum atomic E-state index is 6.34. The molecule has 0 radical (unpaired) electrons. The Hall–Kier alpha value is -0.900. The second-order valence-electron chi connectivity index (χ2n) is 6.48. The Kier molecular flexibility index (Phi) is 6.66. The van der Waals surface area contributed by atoms with E-state index < -0.39 is 0 Å². The van der Waals surface area contributed by atoms with Crippen LogP contribution in [0.15, 0.2) is 30.3 Å². The molecule has 0 heterocycles. The lowest BCUT2D eigenvalue weighted by Crippen LogP contribution is -2.34. The highest BCUT2D eigenvalue weighted by molar-refractivity contribution is 5.19. The van der Waals surface area contributed by atoms with Crippen molar-refractivity contribution in [2.24, 2.45) is 11.7 Å². The molecular formula is C17H29NO2. The van der Waals surface area contributed by atoms with E-state index >= 15 is 0 Å². The first-order valence-corrected chi connectivity index (χ1v) is 7.37. The zero-order valence-electron chi connectivity index (χ0n) is 13.4. The summed E-state index contributed by atoms with van der Waals surface area (Å²) in [6.07, 6.45) is 0.000897. The van der Waals surface area contributed by atoms with Crippen LogP contribution in [0.3, 0.4) is 0 Å². The van der Waals surface area contributed by atoms with Crippen LogP contribution in [0.5, 0.6) is 0 Å². The third-order valence-electron chi connectivity index (χ3n) is 3.12. The van der Waals surface area contributed by atoms with E-state index in [9.17, 15) is 0 Å². The highest BCUT2D eigenvalue weighted by atomic mass is 16.5. The summed E-state index contributed by atoms with van der Waals surface area (Å²) in [5.41, 5.74) is 7.33. The molecule has 3 nitrogen and oxygen atoms in total. The molecule has 0 bridgehead atoms. The van der Waals surface area contributed by atoms with E-state index in [4.69, 9.17) is 15.2 Å². The fourth-order valence-corrected chi connectivity index (χ4v) is 2.11. The van der Waals surface area contributed by atoms with Gasteiger partial charge in [-0.3, -0.25) is 0 Å². The second-order valence-corrected chi connectivity index (χ2v) is 6.48. The topological polar surface area (TPSA) is 44.5 Å². The zero-order valence-corrected chi connectivity index (χ0v) is 13.4. The van der Waals surface area contributed by atoms with Gasteiger partial charge in [-0.05, 0) is 32.3 Å². The summed E-state index contributed by atoms with van der Waals surface area (Å²) in [6.45, 7) is 11.6. The molecule has 1 aromatic carbocycles. The van der Waals surface area contributed by atoms with Crippen molar-refractivity contribution in [2.45, 2.75) is 52.4 Å². The number of nitrogens with two attached hydrogens (primary N) is 1. The van der Waals surface area contributed by atoms with Crippen LogP contribution in [0.4, 0.5) is 0 Å². The van der Waals surface area contributed by atoms with Crippen LogP contribution in [0.1, 0.15) is 46.2 Å². The Morgan fingerprint density at radius 3 is 2.15 bits per heavy atom. The Labute approximate surface area is 123 Å². The minimum Gasteiger partial charge on any atom is -0.374 e. The van der Waals surface area contributed by atoms with Crippen LogP contribution in [-0.2, 0) is 9.47 Å². The van der Waals surface area contributed by atoms with Gasteiger partial charge in [0.2, 0.25) is 0 Å². The molecule has 3 heteroatoms. The monoisotopic (exact) mass is 279 g/mol. The molecule has 0 fully saturated rings. The van der Waals surface area contributed by atoms with E-state index in [-0.39, 0.29) is 17.7 Å². The molecule has 2 N–H and O–H groups in total. The highest BCUT2D eigenvalue weighted by Gasteiger charge is 2.23. The molecule has 2 unspecified atom stereocenters. The Bertz CT molecular complexity index is 370. The van der Waals surface area contributed by atoms with Crippen molar-refractivity contribution in [2.75, 3.05) is 13.2 Å². The van der Waals surface area contributed by atoms with Gasteiger partial charge in [0.05, 0.1) is 31.0 Å². The summed E-state index contributed by atoms with van der Waals surface area (Å²) in [5.74, 6) is 0.361. The summed E-state index contributed by atoms with van der Waals surface area (Å²) in [4.78, 5) is 0. The molecule has 1 aromatic rings. The summed E-state index contributed by atoms with van der Waals surface area (Å²) >= 11 is 0. The number of hydrogen-bond donors (Lipinski definition) is 1. The van der Waals surface area contributed by atoms with Crippen molar-refractivity contribution < 1.29 is 9.47 Å². The van der Waals surface area contributed by atoms with Gasteiger partial charge in [0.1, 0.15) is 0 Å². The Balaban J connectivity index is 2.53. The van der Waals surface area contributed by atoms with Gasteiger partial charge in [-0.25, -0.2) is 0 Å². The van der Waals surface area contributed by atoms with E-state index in [0.29, 0.717) is 19.1 Å². The number of ether oxygens (including phenoxy) is 2. The molecule has 20 heavy (non-hydrogen) atoms. The third-order valence-corrected chi connectivity index (χ3v) is 3.12. The normalized spacial score (nSPS) is 15.3. The average molecular weight is 279 g/mol. The first-order chi connectivity index (χ1) is 9.31. The van der Waals surface area contributed by atoms with Crippen LogP contribution in [0, 0.1) is 5.92 Å². The van der Waals surface area contributed by atoms with Crippen molar-refractivity contribution in [3.63, 3.8) is 0 Å². The van der Waals surface area contributed by atoms with Crippen molar-refractivity contribution in [1.29, 1.82) is 0 Å². The van der Waals surface area contributed by atoms with E-state index in [1.165, 1.54) is 0 Å². The molecule has 0 saturated carbocycles. The largest absolute Gasteiger partial charge is 0.374 e. The quantitative estimate of drug-likeness (QED) is 0.776. The van der Waals surface area contributed by atoms with Crippen molar-refractivity contribution in [3.05, 3.63) is 35.9 Å². The van der Waals surface area contributed by atoms with Gasteiger partial charge in [-0.2, -0.15) is 0 Å². The van der Waals surface area contributed by atoms with E-state index in [1.807, 2.05) is 39.0 Å². The van der Waals surface area contributed by atoms with E-state index in [1.54, 1.807) is 0 Å². The van der Waals surface area contributed by atoms with Gasteiger partial charge >= 0.3 is 0 Å². The maximum Gasteiger partial charge on any atom is 0.0791 e. The van der Waals surface area contributed by atoms with Crippen LogP contribution in [0.25, 0.3) is 0 Å². The molecule has 0 amide bonds. The van der Waals surface area contributed by atoms with Gasteiger partial charge in [0.25, 0.3) is 0 Å². The predicted molar refractivity (Wildman–Crippen MR) is 83.7 cm³/mol. The molecule has 0 aliphatic rings. The lowest BCUT2D eigenvalue weighted by Gasteiger charge is -2.28. The van der Waals surface area contributed by atoms with E-state index in [0.717, 1.165) is 5.56 Å². The highest BCUT2D eigenvalue weighted by Crippen LogP contribution is 2.22. The molecular weight excluding hydrogens is 250 g/mol.